The van der Waals surface area contributed by atoms with Gasteiger partial charge in [0.25, 0.3) is 0 Å². The van der Waals surface area contributed by atoms with E-state index in [0.717, 1.165) is 55.7 Å². The number of alkyl carbamates (subject to hydrolysis) is 1. The molecule has 48 heavy (non-hydrogen) atoms. The molecule has 2 aliphatic rings. The molecule has 2 aliphatic heterocycles. The number of piperidine rings is 2. The topological polar surface area (TPSA) is 96.0 Å². The Balaban J connectivity index is 1.26. The number of rotatable bonds is 9. The molecule has 2 amide bonds. The van der Waals surface area contributed by atoms with Crippen LogP contribution < -0.4 is 20.3 Å². The monoisotopic (exact) mass is 699 g/mol. The van der Waals surface area contributed by atoms with E-state index in [0.29, 0.717) is 46.2 Å². The number of pyridine rings is 1. The molecule has 0 spiro atoms. The lowest BCUT2D eigenvalue weighted by Gasteiger charge is -2.36. The smallest absolute Gasteiger partial charge is 0.407 e. The lowest BCUT2D eigenvalue weighted by Crippen LogP contribution is -2.53. The summed E-state index contributed by atoms with van der Waals surface area (Å²) in [6.45, 7) is 10.8. The number of likely N-dealkylation sites (tertiary alicyclic amines) is 1. The highest BCUT2D eigenvalue weighted by atomic mass is 35.5. The Hall–Kier alpha value is -3.60. The van der Waals surface area contributed by atoms with Crippen LogP contribution in [0, 0.1) is 5.92 Å². The van der Waals surface area contributed by atoms with Gasteiger partial charge in [-0.15, -0.1) is 0 Å². The average Bonchev–Trinajstić information content (AvgIpc) is 3.00. The lowest BCUT2D eigenvalue weighted by molar-refractivity contribution is -0.119. The summed E-state index contributed by atoms with van der Waals surface area (Å²) in [7, 11) is 0. The minimum absolute atomic E-state index is 0.00968. The van der Waals surface area contributed by atoms with Crippen molar-refractivity contribution in [1.82, 2.24) is 20.5 Å². The van der Waals surface area contributed by atoms with E-state index in [4.69, 9.17) is 32.7 Å². The fourth-order valence-electron chi connectivity index (χ4n) is 6.08. The van der Waals surface area contributed by atoms with Crippen molar-refractivity contribution in [3.05, 3.63) is 70.3 Å². The first-order valence-electron chi connectivity index (χ1n) is 16.4. The third-order valence-corrected chi connectivity index (χ3v) is 8.88. The second kappa shape index (κ2) is 15.7. The molecule has 0 aliphatic carbocycles. The van der Waals surface area contributed by atoms with Crippen LogP contribution in [0.25, 0.3) is 11.1 Å². The van der Waals surface area contributed by atoms with Gasteiger partial charge in [-0.25, -0.2) is 14.2 Å². The van der Waals surface area contributed by atoms with Gasteiger partial charge in [0.2, 0.25) is 5.91 Å². The zero-order valence-corrected chi connectivity index (χ0v) is 29.4. The van der Waals surface area contributed by atoms with Crippen molar-refractivity contribution < 1.29 is 23.5 Å². The molecule has 3 aromatic rings. The largest absolute Gasteiger partial charge is 0.456 e. The van der Waals surface area contributed by atoms with Crippen molar-refractivity contribution in [3.63, 3.8) is 0 Å². The predicted molar refractivity (Wildman–Crippen MR) is 188 cm³/mol. The van der Waals surface area contributed by atoms with Gasteiger partial charge >= 0.3 is 6.09 Å². The number of amides is 2. The summed E-state index contributed by atoms with van der Waals surface area (Å²) in [6.07, 6.45) is 2.22. The van der Waals surface area contributed by atoms with Gasteiger partial charge in [0.1, 0.15) is 29.1 Å². The number of carbonyl (C=O) groups excluding carboxylic acids is 2. The van der Waals surface area contributed by atoms with E-state index in [9.17, 15) is 9.59 Å². The first-order chi connectivity index (χ1) is 22.8. The standard InChI is InChI=1S/C36H44Cl2FN5O4/c1-23(45)40-19-24-7-10-43(11-8-24)21-25-13-26(27-15-28(37)18-29(38)16-27)17-31(14-25)47-30-5-6-34(41-20-30)44-12-9-33(32(39)22-44)42-35(46)48-36(2,3)4/h5-6,13-18,20,24,32-33H,7-12,19,21-22H2,1-4H3,(H,40,45)(H,42,46). The van der Waals surface area contributed by atoms with Crippen LogP contribution in [0.4, 0.5) is 15.0 Å². The van der Waals surface area contributed by atoms with E-state index in [2.05, 4.69) is 26.6 Å². The minimum Gasteiger partial charge on any atom is -0.456 e. The molecule has 258 valence electrons. The second-order valence-corrected chi connectivity index (χ2v) is 14.5. The van der Waals surface area contributed by atoms with Gasteiger partial charge in [-0.3, -0.25) is 9.69 Å². The van der Waals surface area contributed by atoms with Crippen LogP contribution in [-0.4, -0.2) is 72.4 Å². The first kappa shape index (κ1) is 35.7. The number of ether oxygens (including phenoxy) is 2. The molecule has 2 N–H and O–H groups in total. The number of anilines is 1. The fourth-order valence-corrected chi connectivity index (χ4v) is 6.61. The second-order valence-electron chi connectivity index (χ2n) is 13.6. The molecule has 1 aromatic heterocycles. The third kappa shape index (κ3) is 10.4. The number of hydrogen-bond donors (Lipinski definition) is 2. The number of halogens is 3. The lowest BCUT2D eigenvalue weighted by atomic mass is 9.96. The molecule has 2 unspecified atom stereocenters. The molecule has 3 heterocycles. The summed E-state index contributed by atoms with van der Waals surface area (Å²) >= 11 is 12.7. The average molecular weight is 701 g/mol. The molecular formula is C36H44Cl2FN5O4. The van der Waals surface area contributed by atoms with Gasteiger partial charge in [0.05, 0.1) is 18.8 Å². The number of benzene rings is 2. The van der Waals surface area contributed by atoms with E-state index < -0.39 is 23.9 Å². The Morgan fingerprint density at radius 1 is 0.958 bits per heavy atom. The number of aromatic nitrogens is 1. The van der Waals surface area contributed by atoms with Crippen molar-refractivity contribution in [2.75, 3.05) is 37.6 Å². The summed E-state index contributed by atoms with van der Waals surface area (Å²) in [5.74, 6) is 2.31. The number of carbonyl (C=O) groups is 2. The quantitative estimate of drug-likeness (QED) is 0.237. The van der Waals surface area contributed by atoms with Crippen LogP contribution in [0.3, 0.4) is 0 Å². The predicted octanol–water partition coefficient (Wildman–Crippen LogP) is 7.64. The Labute approximate surface area is 292 Å². The Kier molecular flexibility index (Phi) is 11.7. The maximum absolute atomic E-state index is 15.1. The van der Waals surface area contributed by atoms with Gasteiger partial charge in [0, 0.05) is 36.6 Å². The van der Waals surface area contributed by atoms with Crippen molar-refractivity contribution >= 4 is 41.0 Å². The van der Waals surface area contributed by atoms with Crippen LogP contribution in [0.15, 0.2) is 54.7 Å². The summed E-state index contributed by atoms with van der Waals surface area (Å²) < 4.78 is 26.7. The van der Waals surface area contributed by atoms with Crippen LogP contribution >= 0.6 is 23.2 Å². The molecule has 2 saturated heterocycles. The summed E-state index contributed by atoms with van der Waals surface area (Å²) in [4.78, 5) is 32.3. The molecule has 12 heteroatoms. The number of nitrogens with zero attached hydrogens (tertiary/aromatic N) is 3. The van der Waals surface area contributed by atoms with Gasteiger partial charge in [-0.2, -0.15) is 0 Å². The molecular weight excluding hydrogens is 656 g/mol. The highest BCUT2D eigenvalue weighted by molar-refractivity contribution is 6.35. The van der Waals surface area contributed by atoms with Crippen molar-refractivity contribution in [2.45, 2.75) is 71.3 Å². The van der Waals surface area contributed by atoms with Crippen LogP contribution in [0.1, 0.15) is 52.5 Å². The first-order valence-corrected chi connectivity index (χ1v) is 17.1. The highest BCUT2D eigenvalue weighted by Gasteiger charge is 2.32. The van der Waals surface area contributed by atoms with Crippen molar-refractivity contribution in [1.29, 1.82) is 0 Å². The molecule has 5 rings (SSSR count). The molecule has 2 fully saturated rings. The number of nitrogens with one attached hydrogen (secondary N) is 2. The zero-order valence-electron chi connectivity index (χ0n) is 27.9. The normalized spacial score (nSPS) is 19.1. The Morgan fingerprint density at radius 3 is 2.29 bits per heavy atom. The SMILES string of the molecule is CC(=O)NCC1CCN(Cc2cc(Oc3ccc(N4CCC(NC(=O)OC(C)(C)C)C(F)C4)nc3)cc(-c3cc(Cl)cc(Cl)c3)c2)CC1. The Morgan fingerprint density at radius 2 is 1.67 bits per heavy atom. The molecule has 2 aromatic carbocycles. The van der Waals surface area contributed by atoms with Crippen LogP contribution in [0.2, 0.25) is 10.0 Å². The van der Waals surface area contributed by atoms with Crippen LogP contribution in [-0.2, 0) is 16.1 Å². The fraction of sp³-hybridized carbons (Fsp3) is 0.472. The molecule has 9 nitrogen and oxygen atoms in total. The van der Waals surface area contributed by atoms with E-state index in [1.54, 1.807) is 40.0 Å². The molecule has 2 atom stereocenters. The maximum Gasteiger partial charge on any atom is 0.407 e. The summed E-state index contributed by atoms with van der Waals surface area (Å²) in [6, 6.07) is 14.6. The van der Waals surface area contributed by atoms with E-state index in [-0.39, 0.29) is 12.5 Å². The van der Waals surface area contributed by atoms with Gasteiger partial charge in [-0.05, 0) is 124 Å². The van der Waals surface area contributed by atoms with Gasteiger partial charge in [-0.1, -0.05) is 23.2 Å². The minimum atomic E-state index is -1.27. The van der Waals surface area contributed by atoms with Gasteiger partial charge in [0.15, 0.2) is 0 Å². The molecule has 0 bridgehead atoms. The van der Waals surface area contributed by atoms with E-state index in [1.807, 2.05) is 41.3 Å². The van der Waals surface area contributed by atoms with E-state index >= 15 is 4.39 Å². The van der Waals surface area contributed by atoms with Crippen LogP contribution in [0.5, 0.6) is 11.5 Å². The van der Waals surface area contributed by atoms with Crippen molar-refractivity contribution in [3.8, 4) is 22.6 Å². The Bertz CT molecular complexity index is 1560. The van der Waals surface area contributed by atoms with Gasteiger partial charge < -0.3 is 25.0 Å². The zero-order chi connectivity index (χ0) is 34.4. The highest BCUT2D eigenvalue weighted by Crippen LogP contribution is 2.34. The number of hydrogen-bond acceptors (Lipinski definition) is 7. The molecule has 0 saturated carbocycles. The van der Waals surface area contributed by atoms with Crippen molar-refractivity contribution in [2.24, 2.45) is 5.92 Å². The maximum atomic E-state index is 15.1. The number of alkyl halides is 1. The summed E-state index contributed by atoms with van der Waals surface area (Å²) in [5.41, 5.74) is 2.24. The summed E-state index contributed by atoms with van der Waals surface area (Å²) in [5, 5.41) is 6.70. The third-order valence-electron chi connectivity index (χ3n) is 8.44. The molecule has 0 radical (unpaired) electrons. The van der Waals surface area contributed by atoms with E-state index in [1.165, 1.54) is 0 Å².